The first kappa shape index (κ1) is 14.3. The molecule has 7 nitrogen and oxygen atoms in total. The number of hydrogen-bond donors (Lipinski definition) is 1. The fourth-order valence-corrected chi connectivity index (χ4v) is 2.80. The van der Waals surface area contributed by atoms with E-state index in [1.54, 1.807) is 10.9 Å². The highest BCUT2D eigenvalue weighted by Gasteiger charge is 2.28. The lowest BCUT2D eigenvalue weighted by molar-refractivity contribution is 0.101. The van der Waals surface area contributed by atoms with Gasteiger partial charge in [-0.25, -0.2) is 9.97 Å². The quantitative estimate of drug-likeness (QED) is 0.932. The van der Waals surface area contributed by atoms with Crippen molar-refractivity contribution in [1.82, 2.24) is 19.7 Å². The van der Waals surface area contributed by atoms with Gasteiger partial charge >= 0.3 is 0 Å². The highest BCUT2D eigenvalue weighted by molar-refractivity contribution is 6.02. The molecule has 0 radical (unpaired) electrons. The number of rotatable bonds is 4. The molecule has 2 aromatic heterocycles. The van der Waals surface area contributed by atoms with Crippen molar-refractivity contribution < 1.29 is 9.53 Å². The fraction of sp³-hybridized carbons (Fsp3) is 0.500. The molecule has 23 heavy (non-hydrogen) atoms. The normalized spacial score (nSPS) is 16.9. The van der Waals surface area contributed by atoms with E-state index in [9.17, 15) is 4.79 Å². The van der Waals surface area contributed by atoms with Gasteiger partial charge in [0.15, 0.2) is 0 Å². The van der Waals surface area contributed by atoms with Gasteiger partial charge in [-0.05, 0) is 25.8 Å². The highest BCUT2D eigenvalue weighted by atomic mass is 16.5. The molecule has 0 aromatic carbocycles. The molecular weight excluding hydrogens is 294 g/mol. The molecule has 0 unspecified atom stereocenters. The molecule has 1 aliphatic heterocycles. The Labute approximate surface area is 134 Å². The predicted molar refractivity (Wildman–Crippen MR) is 83.2 cm³/mol. The third kappa shape index (κ3) is 2.84. The summed E-state index contributed by atoms with van der Waals surface area (Å²) in [4.78, 5) is 21.2. The van der Waals surface area contributed by atoms with Gasteiger partial charge in [-0.3, -0.25) is 14.8 Å². The summed E-state index contributed by atoms with van der Waals surface area (Å²) in [7, 11) is 0. The number of aromatic nitrogens is 4. The van der Waals surface area contributed by atoms with E-state index in [-0.39, 0.29) is 5.91 Å². The summed E-state index contributed by atoms with van der Waals surface area (Å²) in [5.41, 5.74) is 3.52. The average Bonchev–Trinajstić information content (AvgIpc) is 3.33. The van der Waals surface area contributed by atoms with E-state index in [2.05, 4.69) is 20.4 Å². The molecule has 0 saturated heterocycles. The van der Waals surface area contributed by atoms with Crippen LogP contribution in [0, 0.1) is 0 Å². The smallest absolute Gasteiger partial charge is 0.276 e. The second-order valence-electron chi connectivity index (χ2n) is 5.97. The van der Waals surface area contributed by atoms with Crippen LogP contribution in [-0.4, -0.2) is 32.3 Å². The molecule has 120 valence electrons. The summed E-state index contributed by atoms with van der Waals surface area (Å²) >= 11 is 0. The summed E-state index contributed by atoms with van der Waals surface area (Å²) in [5.74, 6) is 0.653. The van der Waals surface area contributed by atoms with E-state index in [1.807, 2.05) is 13.0 Å². The number of hydrogen-bond acceptors (Lipinski definition) is 5. The Bertz CT molecular complexity index is 751. The van der Waals surface area contributed by atoms with Gasteiger partial charge in [0.2, 0.25) is 5.95 Å². The van der Waals surface area contributed by atoms with E-state index >= 15 is 0 Å². The molecule has 1 amide bonds. The van der Waals surface area contributed by atoms with Crippen LogP contribution in [0.3, 0.4) is 0 Å². The van der Waals surface area contributed by atoms with Crippen LogP contribution in [0.1, 0.15) is 53.1 Å². The van der Waals surface area contributed by atoms with E-state index in [1.165, 1.54) is 0 Å². The maximum atomic E-state index is 12.5. The van der Waals surface area contributed by atoms with Gasteiger partial charge in [-0.2, -0.15) is 5.10 Å². The minimum absolute atomic E-state index is 0.210. The van der Waals surface area contributed by atoms with Gasteiger partial charge in [0.1, 0.15) is 5.69 Å². The zero-order chi connectivity index (χ0) is 15.8. The van der Waals surface area contributed by atoms with Gasteiger partial charge in [0, 0.05) is 30.6 Å². The Hall–Kier alpha value is -2.28. The lowest BCUT2D eigenvalue weighted by Gasteiger charge is -2.15. The lowest BCUT2D eigenvalue weighted by Crippen LogP contribution is -2.20. The van der Waals surface area contributed by atoms with Crippen LogP contribution in [0.2, 0.25) is 0 Å². The first-order valence-electron chi connectivity index (χ1n) is 8.06. The lowest BCUT2D eigenvalue weighted by atomic mass is 10.1. The predicted octanol–water partition coefficient (Wildman–Crippen LogP) is 1.90. The summed E-state index contributed by atoms with van der Waals surface area (Å²) in [5, 5.41) is 7.32. The number of ether oxygens (including phenoxy) is 1. The van der Waals surface area contributed by atoms with Gasteiger partial charge in [-0.15, -0.1) is 0 Å². The summed E-state index contributed by atoms with van der Waals surface area (Å²) in [6.07, 6.45) is 4.80. The molecule has 3 heterocycles. The highest BCUT2D eigenvalue weighted by Crippen LogP contribution is 2.39. The fourth-order valence-electron chi connectivity index (χ4n) is 2.80. The van der Waals surface area contributed by atoms with Crippen LogP contribution in [0.15, 0.2) is 12.3 Å². The van der Waals surface area contributed by atoms with E-state index in [0.29, 0.717) is 37.3 Å². The molecule has 2 aromatic rings. The van der Waals surface area contributed by atoms with E-state index < -0.39 is 0 Å². The minimum atomic E-state index is -0.210. The molecule has 0 spiro atoms. The van der Waals surface area contributed by atoms with Crippen LogP contribution < -0.4 is 5.32 Å². The van der Waals surface area contributed by atoms with Crippen LogP contribution in [0.5, 0.6) is 0 Å². The van der Waals surface area contributed by atoms with Crippen molar-refractivity contribution in [3.63, 3.8) is 0 Å². The number of aryl methyl sites for hydroxylation is 1. The maximum absolute atomic E-state index is 12.5. The number of nitrogens with one attached hydrogen (secondary N) is 1. The number of fused-ring (bicyclic) bond motifs is 1. The Kier molecular flexibility index (Phi) is 3.57. The second kappa shape index (κ2) is 5.73. The van der Waals surface area contributed by atoms with Gasteiger partial charge in [0.05, 0.1) is 24.6 Å². The molecule has 0 atom stereocenters. The van der Waals surface area contributed by atoms with Gasteiger partial charge in [0.25, 0.3) is 5.91 Å². The Morgan fingerprint density at radius 3 is 3.13 bits per heavy atom. The largest absolute Gasteiger partial charge is 0.376 e. The standard InChI is InChI=1S/C16H19N5O2/c1-2-21-14(7-13(20-21)10-3-4-10)15(22)19-16-17-8-11-9-23-6-5-12(11)18-16/h7-8,10H,2-6,9H2,1H3,(H,17,18,19,22). The number of amides is 1. The van der Waals surface area contributed by atoms with Crippen LogP contribution in [0.4, 0.5) is 5.95 Å². The van der Waals surface area contributed by atoms with E-state index in [4.69, 9.17) is 4.74 Å². The molecule has 7 heteroatoms. The molecule has 4 rings (SSSR count). The van der Waals surface area contributed by atoms with Crippen molar-refractivity contribution in [2.45, 2.75) is 45.3 Å². The number of nitrogens with zero attached hydrogens (tertiary/aromatic N) is 4. The molecule has 2 aliphatic rings. The van der Waals surface area contributed by atoms with Crippen molar-refractivity contribution in [3.8, 4) is 0 Å². The summed E-state index contributed by atoms with van der Waals surface area (Å²) in [6.45, 7) is 3.84. The first-order chi connectivity index (χ1) is 11.2. The number of anilines is 1. The van der Waals surface area contributed by atoms with Crippen molar-refractivity contribution >= 4 is 11.9 Å². The molecule has 1 fully saturated rings. The molecule has 1 N–H and O–H groups in total. The minimum Gasteiger partial charge on any atom is -0.376 e. The summed E-state index contributed by atoms with van der Waals surface area (Å²) in [6, 6.07) is 1.89. The van der Waals surface area contributed by atoms with Gasteiger partial charge in [-0.1, -0.05) is 0 Å². The molecule has 1 saturated carbocycles. The maximum Gasteiger partial charge on any atom is 0.276 e. The van der Waals surface area contributed by atoms with Crippen molar-refractivity contribution in [3.05, 3.63) is 34.9 Å². The third-order valence-electron chi connectivity index (χ3n) is 4.25. The molecule has 1 aliphatic carbocycles. The SMILES string of the molecule is CCn1nc(C2CC2)cc1C(=O)Nc1ncc2c(n1)CCOC2. The third-order valence-corrected chi connectivity index (χ3v) is 4.25. The van der Waals surface area contributed by atoms with Crippen molar-refractivity contribution in [1.29, 1.82) is 0 Å². The van der Waals surface area contributed by atoms with Crippen LogP contribution in [-0.2, 0) is 24.3 Å². The topological polar surface area (TPSA) is 81.9 Å². The average molecular weight is 313 g/mol. The zero-order valence-electron chi connectivity index (χ0n) is 13.1. The number of carbonyl (C=O) groups is 1. The van der Waals surface area contributed by atoms with Gasteiger partial charge < -0.3 is 4.74 Å². The Morgan fingerprint density at radius 1 is 1.48 bits per heavy atom. The first-order valence-corrected chi connectivity index (χ1v) is 8.06. The van der Waals surface area contributed by atoms with E-state index in [0.717, 1.165) is 36.2 Å². The summed E-state index contributed by atoms with van der Waals surface area (Å²) < 4.78 is 7.11. The second-order valence-corrected chi connectivity index (χ2v) is 5.97. The Balaban J connectivity index is 1.55. The van der Waals surface area contributed by atoms with Crippen LogP contribution in [0.25, 0.3) is 0 Å². The Morgan fingerprint density at radius 2 is 2.35 bits per heavy atom. The molecule has 0 bridgehead atoms. The van der Waals surface area contributed by atoms with Crippen LogP contribution >= 0.6 is 0 Å². The van der Waals surface area contributed by atoms with Crippen molar-refractivity contribution in [2.75, 3.05) is 11.9 Å². The van der Waals surface area contributed by atoms with Crippen molar-refractivity contribution in [2.24, 2.45) is 0 Å². The monoisotopic (exact) mass is 313 g/mol. The molecular formula is C16H19N5O2. The number of carbonyl (C=O) groups excluding carboxylic acids is 1. The zero-order valence-corrected chi connectivity index (χ0v) is 13.1.